The van der Waals surface area contributed by atoms with Crippen LogP contribution < -0.4 is 19.9 Å². The molecule has 28 heavy (non-hydrogen) atoms. The molecule has 1 aliphatic heterocycles. The van der Waals surface area contributed by atoms with Crippen molar-refractivity contribution in [1.82, 2.24) is 5.32 Å². The van der Waals surface area contributed by atoms with Gasteiger partial charge in [-0.1, -0.05) is 24.3 Å². The number of quaternary nitrogens is 1. The first-order valence-electron chi connectivity index (χ1n) is 10.1. The van der Waals surface area contributed by atoms with Crippen molar-refractivity contribution < 1.29 is 14.4 Å². The number of benzene rings is 2. The van der Waals surface area contributed by atoms with E-state index < -0.39 is 0 Å². The van der Waals surface area contributed by atoms with Crippen LogP contribution in [-0.4, -0.2) is 46.7 Å². The van der Waals surface area contributed by atoms with Crippen LogP contribution in [0.1, 0.15) is 30.0 Å². The third-order valence-electron chi connectivity index (χ3n) is 5.58. The highest BCUT2D eigenvalue weighted by Gasteiger charge is 2.27. The zero-order valence-corrected chi connectivity index (χ0v) is 17.2. The highest BCUT2D eigenvalue weighted by molar-refractivity contribution is 5.78. The largest absolute Gasteiger partial charge is 0.497 e. The van der Waals surface area contributed by atoms with Crippen LogP contribution in [0.5, 0.6) is 5.75 Å². The Labute approximate surface area is 168 Å². The first kappa shape index (κ1) is 20.2. The van der Waals surface area contributed by atoms with Crippen molar-refractivity contribution in [2.45, 2.75) is 25.3 Å². The van der Waals surface area contributed by atoms with Crippen molar-refractivity contribution in [3.05, 3.63) is 59.7 Å². The van der Waals surface area contributed by atoms with Crippen LogP contribution in [0.15, 0.2) is 48.5 Å². The molecule has 0 aliphatic carbocycles. The number of amides is 1. The van der Waals surface area contributed by atoms with Crippen LogP contribution >= 0.6 is 0 Å². The molecule has 5 heteroatoms. The number of hydrogen-bond acceptors (Lipinski definition) is 3. The maximum atomic E-state index is 12.5. The van der Waals surface area contributed by atoms with E-state index in [1.165, 1.54) is 37.2 Å². The summed E-state index contributed by atoms with van der Waals surface area (Å²) in [5.74, 6) is 0.877. The number of carbonyl (C=O) groups excluding carboxylic acids is 1. The summed E-state index contributed by atoms with van der Waals surface area (Å²) < 4.78 is 5.18. The van der Waals surface area contributed by atoms with Gasteiger partial charge in [-0.25, -0.2) is 0 Å². The average molecular weight is 383 g/mol. The van der Waals surface area contributed by atoms with Crippen LogP contribution in [0.2, 0.25) is 0 Å². The molecule has 1 heterocycles. The first-order chi connectivity index (χ1) is 13.6. The maximum absolute atomic E-state index is 12.5. The van der Waals surface area contributed by atoms with Gasteiger partial charge in [0.15, 0.2) is 0 Å². The van der Waals surface area contributed by atoms with Gasteiger partial charge in [0.25, 0.3) is 0 Å². The molecule has 0 saturated carbocycles. The summed E-state index contributed by atoms with van der Waals surface area (Å²) in [6, 6.07) is 16.7. The van der Waals surface area contributed by atoms with E-state index in [1.807, 2.05) is 24.3 Å². The van der Waals surface area contributed by atoms with Crippen LogP contribution in [0, 0.1) is 0 Å². The van der Waals surface area contributed by atoms with Crippen molar-refractivity contribution in [2.75, 3.05) is 45.7 Å². The Kier molecular flexibility index (Phi) is 6.93. The third kappa shape index (κ3) is 5.26. The molecule has 0 bridgehead atoms. The summed E-state index contributed by atoms with van der Waals surface area (Å²) in [6.45, 7) is 3.02. The molecular weight excluding hydrogens is 350 g/mol. The Bertz CT molecular complexity index is 750. The minimum atomic E-state index is 0.0682. The highest BCUT2D eigenvalue weighted by Crippen LogP contribution is 2.17. The molecule has 2 aromatic rings. The van der Waals surface area contributed by atoms with Gasteiger partial charge in [-0.2, -0.15) is 0 Å². The van der Waals surface area contributed by atoms with Gasteiger partial charge in [0.2, 0.25) is 5.91 Å². The fraction of sp³-hybridized carbons (Fsp3) is 0.435. The second-order valence-corrected chi connectivity index (χ2v) is 7.73. The Hall–Kier alpha value is -2.53. The van der Waals surface area contributed by atoms with Gasteiger partial charge in [0.05, 0.1) is 33.2 Å². The summed E-state index contributed by atoms with van der Waals surface area (Å²) >= 11 is 0. The second-order valence-electron chi connectivity index (χ2n) is 7.73. The van der Waals surface area contributed by atoms with Crippen molar-refractivity contribution >= 4 is 11.6 Å². The zero-order valence-electron chi connectivity index (χ0n) is 17.2. The number of anilines is 1. The normalized spacial score (nSPS) is 15.2. The number of rotatable bonds is 8. The minimum absolute atomic E-state index is 0.0682. The lowest BCUT2D eigenvalue weighted by Gasteiger charge is -2.26. The van der Waals surface area contributed by atoms with E-state index in [-0.39, 0.29) is 5.91 Å². The second kappa shape index (κ2) is 9.60. The zero-order chi connectivity index (χ0) is 19.9. The maximum Gasteiger partial charge on any atom is 0.224 e. The molecule has 150 valence electrons. The number of nitrogens with zero attached hydrogens (tertiary/aromatic N) is 1. The van der Waals surface area contributed by atoms with Crippen LogP contribution in [-0.2, 0) is 11.2 Å². The molecule has 2 aromatic carbocycles. The van der Waals surface area contributed by atoms with Crippen LogP contribution in [0.25, 0.3) is 0 Å². The Balaban J connectivity index is 1.63. The number of ether oxygens (including phenoxy) is 1. The summed E-state index contributed by atoms with van der Waals surface area (Å²) in [7, 11) is 5.75. The lowest BCUT2D eigenvalue weighted by molar-refractivity contribution is -0.918. The van der Waals surface area contributed by atoms with Crippen LogP contribution in [0.4, 0.5) is 5.69 Å². The molecule has 1 aliphatic rings. The predicted molar refractivity (Wildman–Crippen MR) is 113 cm³/mol. The van der Waals surface area contributed by atoms with Crippen LogP contribution in [0.3, 0.4) is 0 Å². The SMILES string of the molecule is COc1ccc(CC(=O)NC[C@H](c2ccc(N(C)C)cc2)[NH+]2CCCC2)cc1. The van der Waals surface area contributed by atoms with Crippen molar-refractivity contribution in [3.8, 4) is 5.75 Å². The third-order valence-corrected chi connectivity index (χ3v) is 5.58. The van der Waals surface area contributed by atoms with E-state index in [9.17, 15) is 4.79 Å². The van der Waals surface area contributed by atoms with E-state index in [0.717, 1.165) is 11.3 Å². The van der Waals surface area contributed by atoms with Gasteiger partial charge in [0, 0.05) is 38.2 Å². The topological polar surface area (TPSA) is 46.0 Å². The summed E-state index contributed by atoms with van der Waals surface area (Å²) in [5, 5.41) is 3.17. The molecule has 1 saturated heterocycles. The quantitative estimate of drug-likeness (QED) is 0.732. The number of likely N-dealkylation sites (tertiary alicyclic amines) is 1. The molecule has 3 rings (SSSR count). The fourth-order valence-corrected chi connectivity index (χ4v) is 3.89. The number of hydrogen-bond donors (Lipinski definition) is 2. The van der Waals surface area contributed by atoms with E-state index in [2.05, 4.69) is 48.6 Å². The van der Waals surface area contributed by atoms with E-state index >= 15 is 0 Å². The summed E-state index contributed by atoms with van der Waals surface area (Å²) in [5.41, 5.74) is 3.49. The molecule has 0 unspecified atom stereocenters. The van der Waals surface area contributed by atoms with Gasteiger partial charge in [-0.3, -0.25) is 4.79 Å². The van der Waals surface area contributed by atoms with Gasteiger partial charge in [-0.05, 0) is 29.8 Å². The average Bonchev–Trinajstić information content (AvgIpc) is 3.23. The molecule has 5 nitrogen and oxygen atoms in total. The van der Waals surface area contributed by atoms with Gasteiger partial charge in [0.1, 0.15) is 11.8 Å². The van der Waals surface area contributed by atoms with Gasteiger partial charge < -0.3 is 19.9 Å². The van der Waals surface area contributed by atoms with Crippen molar-refractivity contribution in [1.29, 1.82) is 0 Å². The lowest BCUT2D eigenvalue weighted by Crippen LogP contribution is -3.11. The molecule has 0 radical (unpaired) electrons. The van der Waals surface area contributed by atoms with E-state index in [4.69, 9.17) is 4.74 Å². The number of methoxy groups -OCH3 is 1. The van der Waals surface area contributed by atoms with Crippen molar-refractivity contribution in [2.24, 2.45) is 0 Å². The molecule has 1 fully saturated rings. The first-order valence-corrected chi connectivity index (χ1v) is 10.1. The molecule has 0 aromatic heterocycles. The fourth-order valence-electron chi connectivity index (χ4n) is 3.89. The smallest absolute Gasteiger partial charge is 0.224 e. The minimum Gasteiger partial charge on any atom is -0.497 e. The summed E-state index contributed by atoms with van der Waals surface area (Å²) in [4.78, 5) is 16.2. The predicted octanol–water partition coefficient (Wildman–Crippen LogP) is 1.84. The standard InChI is InChI=1S/C23H31N3O2/c1-25(2)20-10-8-19(9-11-20)22(26-14-4-5-15-26)17-24-23(27)16-18-6-12-21(28-3)13-7-18/h6-13,22H,4-5,14-17H2,1-3H3,(H,24,27)/p+1/t22-/m1/s1. The Morgan fingerprint density at radius 2 is 1.71 bits per heavy atom. The number of carbonyl (C=O) groups is 1. The molecule has 1 amide bonds. The monoisotopic (exact) mass is 382 g/mol. The van der Waals surface area contributed by atoms with Gasteiger partial charge in [-0.15, -0.1) is 0 Å². The van der Waals surface area contributed by atoms with Gasteiger partial charge >= 0.3 is 0 Å². The molecular formula is C23H32N3O2+. The Morgan fingerprint density at radius 1 is 1.07 bits per heavy atom. The van der Waals surface area contributed by atoms with E-state index in [1.54, 1.807) is 12.0 Å². The Morgan fingerprint density at radius 3 is 2.29 bits per heavy atom. The number of nitrogens with one attached hydrogen (secondary N) is 2. The molecule has 0 spiro atoms. The van der Waals surface area contributed by atoms with Crippen molar-refractivity contribution in [3.63, 3.8) is 0 Å². The van der Waals surface area contributed by atoms with E-state index in [0.29, 0.717) is 19.0 Å². The highest BCUT2D eigenvalue weighted by atomic mass is 16.5. The lowest BCUT2D eigenvalue weighted by atomic mass is 10.0. The summed E-state index contributed by atoms with van der Waals surface area (Å²) in [6.07, 6.45) is 2.93. The molecule has 1 atom stereocenters. The molecule has 2 N–H and O–H groups in total.